The van der Waals surface area contributed by atoms with Crippen molar-refractivity contribution in [2.45, 2.75) is 98.8 Å². The van der Waals surface area contributed by atoms with Crippen molar-refractivity contribution in [2.24, 2.45) is 10.8 Å². The lowest BCUT2D eigenvalue weighted by Crippen LogP contribution is -2.29. The first-order chi connectivity index (χ1) is 19.5. The fraction of sp³-hybridized carbons (Fsp3) is 0.472. The Morgan fingerprint density at radius 2 is 1.34 bits per heavy atom. The van der Waals surface area contributed by atoms with Crippen molar-refractivity contribution in [3.8, 4) is 0 Å². The zero-order valence-electron chi connectivity index (χ0n) is 25.6. The van der Waals surface area contributed by atoms with Gasteiger partial charge in [0.25, 0.3) is 0 Å². The van der Waals surface area contributed by atoms with Crippen LogP contribution in [0.5, 0.6) is 0 Å². The van der Waals surface area contributed by atoms with Crippen molar-refractivity contribution in [3.05, 3.63) is 69.4 Å². The van der Waals surface area contributed by atoms with Gasteiger partial charge in [0, 0.05) is 34.7 Å². The van der Waals surface area contributed by atoms with Crippen LogP contribution in [0.1, 0.15) is 120 Å². The molecule has 0 fully saturated rings. The molecule has 4 aliphatic rings. The fourth-order valence-corrected chi connectivity index (χ4v) is 9.25. The van der Waals surface area contributed by atoms with E-state index in [2.05, 4.69) is 63.0 Å². The van der Waals surface area contributed by atoms with Crippen molar-refractivity contribution < 1.29 is 9.59 Å². The van der Waals surface area contributed by atoms with Crippen LogP contribution in [-0.2, 0) is 9.59 Å². The molecule has 1 heterocycles. The number of benzene rings is 2. The predicted molar refractivity (Wildman–Crippen MR) is 168 cm³/mol. The number of nitrogens with two attached hydrogens (primary N) is 1. The Kier molecular flexibility index (Phi) is 6.44. The Morgan fingerprint density at radius 3 is 1.90 bits per heavy atom. The van der Waals surface area contributed by atoms with Crippen LogP contribution in [0, 0.1) is 17.8 Å². The molecule has 7 rings (SSSR count). The monoisotopic (exact) mass is 549 g/mol. The summed E-state index contributed by atoms with van der Waals surface area (Å²) >= 11 is 0. The van der Waals surface area contributed by atoms with Gasteiger partial charge < -0.3 is 5.73 Å². The van der Waals surface area contributed by atoms with E-state index in [0.29, 0.717) is 36.2 Å². The average molecular weight is 550 g/mol. The summed E-state index contributed by atoms with van der Waals surface area (Å²) in [6.45, 7) is 15.3. The minimum Gasteiger partial charge on any atom is -0.399 e. The third kappa shape index (κ3) is 3.57. The Hall–Kier alpha value is -3.47. The highest BCUT2D eigenvalue weighted by molar-refractivity contribution is 6.08. The van der Waals surface area contributed by atoms with Crippen LogP contribution in [-0.4, -0.2) is 21.8 Å². The summed E-state index contributed by atoms with van der Waals surface area (Å²) in [5, 5.41) is 8.49. The largest absolute Gasteiger partial charge is 0.399 e. The molecule has 2 aromatic carbocycles. The van der Waals surface area contributed by atoms with Crippen LogP contribution in [0.15, 0.2) is 41.6 Å². The van der Waals surface area contributed by atoms with Gasteiger partial charge in [-0.15, -0.1) is 0 Å². The maximum Gasteiger partial charge on any atom is 0.158 e. The number of aromatic amines is 1. The van der Waals surface area contributed by atoms with Crippen LogP contribution >= 0.6 is 0 Å². The lowest BCUT2D eigenvalue weighted by molar-refractivity contribution is -0.117. The van der Waals surface area contributed by atoms with Crippen molar-refractivity contribution in [1.29, 1.82) is 0 Å². The molecule has 214 valence electrons. The molecule has 0 saturated heterocycles. The van der Waals surface area contributed by atoms with E-state index >= 15 is 0 Å². The van der Waals surface area contributed by atoms with E-state index in [4.69, 9.17) is 5.73 Å². The number of hydrogen-bond donors (Lipinski definition) is 2. The Bertz CT molecular complexity index is 1690. The second-order valence-electron chi connectivity index (χ2n) is 12.9. The van der Waals surface area contributed by atoms with Crippen molar-refractivity contribution >= 4 is 39.3 Å². The van der Waals surface area contributed by atoms with E-state index in [0.717, 1.165) is 48.0 Å². The summed E-state index contributed by atoms with van der Waals surface area (Å²) in [5.74, 6) is 1.53. The van der Waals surface area contributed by atoms with Gasteiger partial charge in [-0.2, -0.15) is 5.10 Å². The maximum atomic E-state index is 12.2. The number of nitrogens with one attached hydrogen (secondary N) is 1. The highest BCUT2D eigenvalue weighted by Crippen LogP contribution is 2.64. The SMILES string of the molecule is CC[C@@]12CCC(=O)C(C)=C1c1ccc(N)c(C)c1[C@H]2C.CC[C@@]12CCC(=O)C(C)=C1c1ccc3[nH]ncc3c1[C@H]2C. The van der Waals surface area contributed by atoms with E-state index in [9.17, 15) is 9.59 Å². The quantitative estimate of drug-likeness (QED) is 0.314. The molecule has 0 amide bonds. The normalized spacial score (nSPS) is 28.4. The number of H-pyrrole nitrogens is 1. The van der Waals surface area contributed by atoms with E-state index < -0.39 is 0 Å². The van der Waals surface area contributed by atoms with Crippen LogP contribution < -0.4 is 5.73 Å². The number of ketones is 2. The van der Waals surface area contributed by atoms with Crippen molar-refractivity contribution in [1.82, 2.24) is 10.2 Å². The molecule has 1 aromatic heterocycles. The Balaban J connectivity index is 0.000000148. The van der Waals surface area contributed by atoms with E-state index in [1.165, 1.54) is 44.3 Å². The molecule has 0 radical (unpaired) electrons. The van der Waals surface area contributed by atoms with Crippen LogP contribution in [0.3, 0.4) is 0 Å². The summed E-state index contributed by atoms with van der Waals surface area (Å²) in [6, 6.07) is 8.40. The van der Waals surface area contributed by atoms with Gasteiger partial charge in [0.2, 0.25) is 0 Å². The van der Waals surface area contributed by atoms with Gasteiger partial charge in [-0.05, 0) is 121 Å². The maximum absolute atomic E-state index is 12.2. The Morgan fingerprint density at radius 1 is 0.829 bits per heavy atom. The number of nitrogens with zero attached hydrogens (tertiary/aromatic N) is 1. The molecular formula is C36H43N3O2. The van der Waals surface area contributed by atoms with E-state index in [-0.39, 0.29) is 10.8 Å². The molecule has 4 aliphatic carbocycles. The van der Waals surface area contributed by atoms with Gasteiger partial charge in [0.1, 0.15) is 0 Å². The molecule has 41 heavy (non-hydrogen) atoms. The van der Waals surface area contributed by atoms with Gasteiger partial charge in [-0.1, -0.05) is 39.8 Å². The summed E-state index contributed by atoms with van der Waals surface area (Å²) in [5.41, 5.74) is 19.4. The van der Waals surface area contributed by atoms with Crippen molar-refractivity contribution in [2.75, 3.05) is 5.73 Å². The molecule has 5 nitrogen and oxygen atoms in total. The third-order valence-corrected chi connectivity index (χ3v) is 11.7. The standard InChI is InChI=1S/C18H20N2O.C18H23NO/c1-4-18-8-7-15(21)10(2)17(18)12-5-6-14-13(9-19-20-14)16(12)11(18)3;1-5-18-9-8-15(20)11(3)17(18)13-6-7-14(19)10(2)16(13)12(18)4/h5-6,9,11H,4,7-8H2,1-3H3,(H,19,20);6-7,12H,5,8-9,19H2,1-4H3/t11-,18+;12-,18+/m11/s1. The van der Waals surface area contributed by atoms with Gasteiger partial charge >= 0.3 is 0 Å². The molecule has 0 aliphatic heterocycles. The molecule has 3 N–H and O–H groups in total. The fourth-order valence-electron chi connectivity index (χ4n) is 9.25. The Labute approximate surface area is 243 Å². The van der Waals surface area contributed by atoms with Gasteiger partial charge in [-0.25, -0.2) is 0 Å². The molecule has 0 spiro atoms. The number of anilines is 1. The summed E-state index contributed by atoms with van der Waals surface area (Å²) in [4.78, 5) is 24.4. The zero-order valence-corrected chi connectivity index (χ0v) is 25.6. The number of carbonyl (C=O) groups is 2. The molecule has 3 aromatic rings. The second kappa shape index (κ2) is 9.54. The highest BCUT2D eigenvalue weighted by Gasteiger charge is 2.51. The molecule has 0 saturated carbocycles. The van der Waals surface area contributed by atoms with Crippen LogP contribution in [0.2, 0.25) is 0 Å². The van der Waals surface area contributed by atoms with Crippen molar-refractivity contribution in [3.63, 3.8) is 0 Å². The van der Waals surface area contributed by atoms with E-state index in [1.807, 2.05) is 26.1 Å². The molecule has 0 unspecified atom stereocenters. The first-order valence-electron chi connectivity index (χ1n) is 15.4. The predicted octanol–water partition coefficient (Wildman–Crippen LogP) is 8.44. The first-order valence-corrected chi connectivity index (χ1v) is 15.4. The minimum absolute atomic E-state index is 0.131. The zero-order chi connectivity index (χ0) is 29.4. The second-order valence-corrected chi connectivity index (χ2v) is 12.9. The number of carbonyl (C=O) groups excluding carboxylic acids is 2. The number of rotatable bonds is 2. The minimum atomic E-state index is 0.131. The number of nitrogen functional groups attached to an aromatic ring is 1. The lowest BCUT2D eigenvalue weighted by atomic mass is 9.64. The van der Waals surface area contributed by atoms with Gasteiger partial charge in [-0.3, -0.25) is 14.7 Å². The third-order valence-electron chi connectivity index (χ3n) is 11.7. The summed E-state index contributed by atoms with van der Waals surface area (Å²) in [6.07, 6.45) is 7.44. The van der Waals surface area contributed by atoms with E-state index in [1.54, 1.807) is 0 Å². The number of Topliss-reactive ketones (excluding diaryl/α,β-unsaturated/α-hetero) is 2. The highest BCUT2D eigenvalue weighted by atomic mass is 16.1. The van der Waals surface area contributed by atoms with Crippen LogP contribution in [0.4, 0.5) is 5.69 Å². The number of hydrogen-bond acceptors (Lipinski definition) is 4. The summed E-state index contributed by atoms with van der Waals surface area (Å²) < 4.78 is 0. The molecular weight excluding hydrogens is 506 g/mol. The molecule has 0 bridgehead atoms. The first kappa shape index (κ1) is 27.7. The van der Waals surface area contributed by atoms with Gasteiger partial charge in [0.15, 0.2) is 11.6 Å². The number of fused-ring (bicyclic) bond motifs is 8. The number of allylic oxidation sites excluding steroid dienone is 4. The average Bonchev–Trinajstić information content (AvgIpc) is 3.62. The lowest BCUT2D eigenvalue weighted by Gasteiger charge is -2.38. The van der Waals surface area contributed by atoms with Gasteiger partial charge in [0.05, 0.1) is 11.7 Å². The number of aromatic nitrogens is 2. The molecule has 5 heteroatoms. The smallest absolute Gasteiger partial charge is 0.158 e. The molecule has 4 atom stereocenters. The van der Waals surface area contributed by atoms with Crippen LogP contribution in [0.25, 0.3) is 22.0 Å². The summed E-state index contributed by atoms with van der Waals surface area (Å²) in [7, 11) is 0. The topological polar surface area (TPSA) is 88.8 Å².